The van der Waals surface area contributed by atoms with Crippen molar-refractivity contribution in [3.63, 3.8) is 0 Å². The van der Waals surface area contributed by atoms with Crippen molar-refractivity contribution < 1.29 is 0 Å². The van der Waals surface area contributed by atoms with Gasteiger partial charge in [0.05, 0.1) is 0 Å². The molecule has 2 aliphatic carbocycles. The topological polar surface area (TPSA) is 0 Å². The Balaban J connectivity index is 1.79. The molecule has 0 saturated heterocycles. The van der Waals surface area contributed by atoms with Gasteiger partial charge < -0.3 is 0 Å². The van der Waals surface area contributed by atoms with Gasteiger partial charge >= 0.3 is 0 Å². The molecule has 2 rings (SSSR count). The zero-order valence-corrected chi connectivity index (χ0v) is 9.31. The van der Waals surface area contributed by atoms with Crippen LogP contribution in [0.4, 0.5) is 0 Å². The average Bonchev–Trinajstić information content (AvgIpc) is 2.84. The van der Waals surface area contributed by atoms with Crippen LogP contribution in [0, 0.1) is 17.3 Å². The molecule has 0 aliphatic heterocycles. The second-order valence-electron chi connectivity index (χ2n) is 5.74. The largest absolute Gasteiger partial charge is 0.0651 e. The van der Waals surface area contributed by atoms with Gasteiger partial charge in [-0.3, -0.25) is 0 Å². The Labute approximate surface area is 83.1 Å². The van der Waals surface area contributed by atoms with E-state index in [1.807, 2.05) is 0 Å². The zero-order valence-electron chi connectivity index (χ0n) is 9.31. The van der Waals surface area contributed by atoms with E-state index in [1.165, 1.54) is 38.5 Å². The fraction of sp³-hybridized carbons (Fsp3) is 1.00. The molecule has 0 amide bonds. The molecule has 76 valence electrons. The smallest absolute Gasteiger partial charge is 0.0323 e. The molecular formula is C13H24. The first-order chi connectivity index (χ1) is 6.23. The van der Waals surface area contributed by atoms with Crippen molar-refractivity contribution in [3.05, 3.63) is 0 Å². The average molecular weight is 180 g/mol. The van der Waals surface area contributed by atoms with Crippen LogP contribution in [0.2, 0.25) is 0 Å². The number of rotatable bonds is 3. The van der Waals surface area contributed by atoms with Gasteiger partial charge in [0.15, 0.2) is 0 Å². The van der Waals surface area contributed by atoms with Gasteiger partial charge in [-0.1, -0.05) is 39.5 Å². The van der Waals surface area contributed by atoms with Crippen LogP contribution < -0.4 is 0 Å². The summed E-state index contributed by atoms with van der Waals surface area (Å²) in [4.78, 5) is 0. The number of hydrogen-bond acceptors (Lipinski definition) is 0. The molecule has 2 saturated carbocycles. The lowest BCUT2D eigenvalue weighted by Crippen LogP contribution is -2.20. The van der Waals surface area contributed by atoms with Crippen LogP contribution in [0.25, 0.3) is 0 Å². The Hall–Kier alpha value is 0. The summed E-state index contributed by atoms with van der Waals surface area (Å²) in [6.07, 6.45) is 12.1. The van der Waals surface area contributed by atoms with Gasteiger partial charge in [0, 0.05) is 0 Å². The van der Waals surface area contributed by atoms with Gasteiger partial charge in [-0.15, -0.1) is 0 Å². The highest BCUT2D eigenvalue weighted by molar-refractivity contribution is 4.91. The maximum atomic E-state index is 2.54. The van der Waals surface area contributed by atoms with Gasteiger partial charge in [-0.25, -0.2) is 0 Å². The molecule has 0 heterocycles. The summed E-state index contributed by atoms with van der Waals surface area (Å²) in [6.45, 7) is 4.89. The molecule has 2 atom stereocenters. The van der Waals surface area contributed by atoms with E-state index in [-0.39, 0.29) is 0 Å². The first-order valence-electron chi connectivity index (χ1n) is 6.23. The van der Waals surface area contributed by atoms with Crippen LogP contribution in [-0.2, 0) is 0 Å². The maximum Gasteiger partial charge on any atom is -0.0323 e. The van der Waals surface area contributed by atoms with Crippen LogP contribution >= 0.6 is 0 Å². The maximum absolute atomic E-state index is 2.54. The first kappa shape index (κ1) is 9.55. The van der Waals surface area contributed by atoms with Gasteiger partial charge in [0.25, 0.3) is 0 Å². The minimum Gasteiger partial charge on any atom is -0.0651 e. The van der Waals surface area contributed by atoms with Crippen LogP contribution in [0.5, 0.6) is 0 Å². The summed E-state index contributed by atoms with van der Waals surface area (Å²) in [5.41, 5.74) is 0.743. The Bertz CT molecular complexity index is 165. The minimum absolute atomic E-state index is 0.743. The summed E-state index contributed by atoms with van der Waals surface area (Å²) < 4.78 is 0. The van der Waals surface area contributed by atoms with Crippen molar-refractivity contribution in [2.45, 2.75) is 65.2 Å². The minimum atomic E-state index is 0.743. The fourth-order valence-electron chi connectivity index (χ4n) is 3.30. The Morgan fingerprint density at radius 1 is 1.08 bits per heavy atom. The second-order valence-corrected chi connectivity index (χ2v) is 5.74. The summed E-state index contributed by atoms with van der Waals surface area (Å²) in [5, 5.41) is 0. The molecule has 0 radical (unpaired) electrons. The SMILES string of the molecule is CCC1CC1CC1(C)CCCCC1. The van der Waals surface area contributed by atoms with Crippen molar-refractivity contribution in [1.29, 1.82) is 0 Å². The van der Waals surface area contributed by atoms with Gasteiger partial charge in [-0.05, 0) is 42.9 Å². The summed E-state index contributed by atoms with van der Waals surface area (Å²) in [6, 6.07) is 0. The Kier molecular flexibility index (Phi) is 2.67. The van der Waals surface area contributed by atoms with E-state index in [4.69, 9.17) is 0 Å². The fourth-order valence-corrected chi connectivity index (χ4v) is 3.30. The van der Waals surface area contributed by atoms with E-state index in [0.29, 0.717) is 0 Å². The van der Waals surface area contributed by atoms with E-state index in [1.54, 1.807) is 12.8 Å². The quantitative estimate of drug-likeness (QED) is 0.604. The third-order valence-corrected chi connectivity index (χ3v) is 4.41. The van der Waals surface area contributed by atoms with Crippen LogP contribution in [0.3, 0.4) is 0 Å². The van der Waals surface area contributed by atoms with Crippen molar-refractivity contribution in [2.75, 3.05) is 0 Å². The van der Waals surface area contributed by atoms with Crippen LogP contribution in [0.15, 0.2) is 0 Å². The summed E-state index contributed by atoms with van der Waals surface area (Å²) >= 11 is 0. The molecule has 0 nitrogen and oxygen atoms in total. The zero-order chi connectivity index (χ0) is 9.31. The lowest BCUT2D eigenvalue weighted by molar-refractivity contribution is 0.185. The molecule has 0 heteroatoms. The van der Waals surface area contributed by atoms with Crippen molar-refractivity contribution >= 4 is 0 Å². The number of hydrogen-bond donors (Lipinski definition) is 0. The lowest BCUT2D eigenvalue weighted by atomic mass is 9.72. The van der Waals surface area contributed by atoms with Gasteiger partial charge in [-0.2, -0.15) is 0 Å². The van der Waals surface area contributed by atoms with Crippen molar-refractivity contribution in [1.82, 2.24) is 0 Å². The molecule has 0 aromatic heterocycles. The highest BCUT2D eigenvalue weighted by Crippen LogP contribution is 2.51. The lowest BCUT2D eigenvalue weighted by Gasteiger charge is -2.33. The third-order valence-electron chi connectivity index (χ3n) is 4.41. The van der Waals surface area contributed by atoms with E-state index in [2.05, 4.69) is 13.8 Å². The van der Waals surface area contributed by atoms with Crippen molar-refractivity contribution in [2.24, 2.45) is 17.3 Å². The predicted octanol–water partition coefficient (Wildman–Crippen LogP) is 4.39. The predicted molar refractivity (Wildman–Crippen MR) is 57.7 cm³/mol. The third kappa shape index (κ3) is 2.27. The molecule has 0 spiro atoms. The molecule has 2 fully saturated rings. The van der Waals surface area contributed by atoms with Crippen LogP contribution in [0.1, 0.15) is 65.2 Å². The molecule has 2 aliphatic rings. The molecule has 0 bridgehead atoms. The molecule has 0 aromatic rings. The molecular weight excluding hydrogens is 156 g/mol. The monoisotopic (exact) mass is 180 g/mol. The Morgan fingerprint density at radius 3 is 2.31 bits per heavy atom. The van der Waals surface area contributed by atoms with Gasteiger partial charge in [0.2, 0.25) is 0 Å². The van der Waals surface area contributed by atoms with E-state index in [0.717, 1.165) is 17.3 Å². The molecule has 0 N–H and O–H groups in total. The van der Waals surface area contributed by atoms with E-state index in [9.17, 15) is 0 Å². The standard InChI is InChI=1S/C13H24/c1-3-11-9-12(11)10-13(2)7-5-4-6-8-13/h11-12H,3-10H2,1-2H3. The Morgan fingerprint density at radius 2 is 1.77 bits per heavy atom. The second kappa shape index (κ2) is 3.63. The highest BCUT2D eigenvalue weighted by Gasteiger charge is 2.40. The first-order valence-corrected chi connectivity index (χ1v) is 6.23. The highest BCUT2D eigenvalue weighted by atomic mass is 14.5. The normalized spacial score (nSPS) is 37.4. The summed E-state index contributed by atoms with van der Waals surface area (Å²) in [7, 11) is 0. The van der Waals surface area contributed by atoms with Crippen molar-refractivity contribution in [3.8, 4) is 0 Å². The molecule has 0 aromatic carbocycles. The summed E-state index contributed by atoms with van der Waals surface area (Å²) in [5.74, 6) is 2.23. The van der Waals surface area contributed by atoms with E-state index < -0.39 is 0 Å². The molecule has 2 unspecified atom stereocenters. The van der Waals surface area contributed by atoms with E-state index >= 15 is 0 Å². The van der Waals surface area contributed by atoms with Crippen LogP contribution in [-0.4, -0.2) is 0 Å². The molecule has 13 heavy (non-hydrogen) atoms. The van der Waals surface area contributed by atoms with Gasteiger partial charge in [0.1, 0.15) is 0 Å².